The molecule has 2 aromatic rings. The van der Waals surface area contributed by atoms with Gasteiger partial charge in [-0.05, 0) is 41.2 Å². The standard InChI is InChI=1S/C19H21FO/c1-13-5-10-16(20)12-17(13)18(21)11-14-6-8-15(9-7-14)19(2,3)4/h5-10,12H,11H2,1-4H3. The van der Waals surface area contributed by atoms with Crippen LogP contribution < -0.4 is 0 Å². The molecule has 0 radical (unpaired) electrons. The molecule has 0 aromatic heterocycles. The lowest BCUT2D eigenvalue weighted by Gasteiger charge is -2.19. The van der Waals surface area contributed by atoms with Crippen molar-refractivity contribution in [1.82, 2.24) is 0 Å². The summed E-state index contributed by atoms with van der Waals surface area (Å²) in [5, 5.41) is 0. The predicted molar refractivity (Wildman–Crippen MR) is 84.3 cm³/mol. The maximum absolute atomic E-state index is 13.3. The first-order chi connectivity index (χ1) is 9.77. The van der Waals surface area contributed by atoms with Gasteiger partial charge in [0.25, 0.3) is 0 Å². The monoisotopic (exact) mass is 284 g/mol. The third-order valence-corrected chi connectivity index (χ3v) is 3.68. The topological polar surface area (TPSA) is 17.1 Å². The quantitative estimate of drug-likeness (QED) is 0.736. The van der Waals surface area contributed by atoms with Crippen molar-refractivity contribution >= 4 is 5.78 Å². The number of carbonyl (C=O) groups is 1. The van der Waals surface area contributed by atoms with Crippen LogP contribution in [0.5, 0.6) is 0 Å². The van der Waals surface area contributed by atoms with Gasteiger partial charge in [-0.3, -0.25) is 4.79 Å². The van der Waals surface area contributed by atoms with Crippen molar-refractivity contribution in [3.8, 4) is 0 Å². The van der Waals surface area contributed by atoms with E-state index in [-0.39, 0.29) is 17.0 Å². The van der Waals surface area contributed by atoms with Gasteiger partial charge in [0, 0.05) is 12.0 Å². The number of ketones is 1. The number of benzene rings is 2. The number of carbonyl (C=O) groups excluding carboxylic acids is 1. The largest absolute Gasteiger partial charge is 0.294 e. The average molecular weight is 284 g/mol. The van der Waals surface area contributed by atoms with Crippen molar-refractivity contribution in [3.05, 3.63) is 70.5 Å². The summed E-state index contributed by atoms with van der Waals surface area (Å²) >= 11 is 0. The van der Waals surface area contributed by atoms with Gasteiger partial charge in [-0.15, -0.1) is 0 Å². The fraction of sp³-hybridized carbons (Fsp3) is 0.316. The zero-order valence-electron chi connectivity index (χ0n) is 13.0. The van der Waals surface area contributed by atoms with Crippen LogP contribution in [0.15, 0.2) is 42.5 Å². The van der Waals surface area contributed by atoms with E-state index in [0.29, 0.717) is 12.0 Å². The van der Waals surface area contributed by atoms with Gasteiger partial charge in [0.15, 0.2) is 5.78 Å². The number of aryl methyl sites for hydroxylation is 1. The normalized spacial score (nSPS) is 11.5. The molecule has 0 aliphatic heterocycles. The molecule has 21 heavy (non-hydrogen) atoms. The molecule has 0 heterocycles. The Hall–Kier alpha value is -1.96. The van der Waals surface area contributed by atoms with Gasteiger partial charge in [-0.2, -0.15) is 0 Å². The second-order valence-corrected chi connectivity index (χ2v) is 6.51. The zero-order valence-corrected chi connectivity index (χ0v) is 13.0. The Morgan fingerprint density at radius 3 is 2.24 bits per heavy atom. The highest BCUT2D eigenvalue weighted by atomic mass is 19.1. The minimum absolute atomic E-state index is 0.0458. The third-order valence-electron chi connectivity index (χ3n) is 3.68. The molecule has 2 heteroatoms. The van der Waals surface area contributed by atoms with E-state index in [1.165, 1.54) is 17.7 Å². The Morgan fingerprint density at radius 1 is 1.05 bits per heavy atom. The number of rotatable bonds is 3. The van der Waals surface area contributed by atoms with Crippen LogP contribution in [0.25, 0.3) is 0 Å². The molecule has 2 rings (SSSR count). The lowest BCUT2D eigenvalue weighted by molar-refractivity contribution is 0.0992. The zero-order chi connectivity index (χ0) is 15.6. The van der Waals surface area contributed by atoms with Gasteiger partial charge in [0.1, 0.15) is 5.82 Å². The molecule has 0 N–H and O–H groups in total. The summed E-state index contributed by atoms with van der Waals surface area (Å²) in [5.74, 6) is -0.414. The molecule has 0 unspecified atom stereocenters. The minimum atomic E-state index is -0.368. The Balaban J connectivity index is 2.18. The van der Waals surface area contributed by atoms with Crippen LogP contribution in [-0.4, -0.2) is 5.78 Å². The highest BCUT2D eigenvalue weighted by Crippen LogP contribution is 2.22. The first kappa shape index (κ1) is 15.4. The van der Waals surface area contributed by atoms with Crippen LogP contribution in [0.4, 0.5) is 4.39 Å². The van der Waals surface area contributed by atoms with Crippen LogP contribution in [0.2, 0.25) is 0 Å². The Bertz CT molecular complexity index is 648. The number of hydrogen-bond acceptors (Lipinski definition) is 1. The first-order valence-corrected chi connectivity index (χ1v) is 7.16. The molecule has 0 aliphatic rings. The van der Waals surface area contributed by atoms with Gasteiger partial charge in [-0.1, -0.05) is 51.1 Å². The van der Waals surface area contributed by atoms with Crippen molar-refractivity contribution < 1.29 is 9.18 Å². The van der Waals surface area contributed by atoms with E-state index in [1.807, 2.05) is 19.1 Å². The Kier molecular flexibility index (Phi) is 4.26. The Labute approximate surface area is 125 Å². The van der Waals surface area contributed by atoms with Crippen LogP contribution in [0, 0.1) is 12.7 Å². The second-order valence-electron chi connectivity index (χ2n) is 6.51. The summed E-state index contributed by atoms with van der Waals surface area (Å²) < 4.78 is 13.3. The first-order valence-electron chi connectivity index (χ1n) is 7.16. The average Bonchev–Trinajstić information content (AvgIpc) is 2.41. The van der Waals surface area contributed by atoms with E-state index in [2.05, 4.69) is 32.9 Å². The molecular weight excluding hydrogens is 263 g/mol. The lowest BCUT2D eigenvalue weighted by Crippen LogP contribution is -2.11. The smallest absolute Gasteiger partial charge is 0.167 e. The van der Waals surface area contributed by atoms with E-state index < -0.39 is 0 Å². The fourth-order valence-corrected chi connectivity index (χ4v) is 2.30. The van der Waals surface area contributed by atoms with E-state index in [0.717, 1.165) is 11.1 Å². The van der Waals surface area contributed by atoms with Crippen molar-refractivity contribution in [1.29, 1.82) is 0 Å². The van der Waals surface area contributed by atoms with Crippen molar-refractivity contribution in [2.75, 3.05) is 0 Å². The molecule has 0 atom stereocenters. The molecule has 0 aliphatic carbocycles. The van der Waals surface area contributed by atoms with Gasteiger partial charge < -0.3 is 0 Å². The van der Waals surface area contributed by atoms with Crippen LogP contribution in [0.3, 0.4) is 0 Å². The van der Waals surface area contributed by atoms with Crippen molar-refractivity contribution in [2.45, 2.75) is 39.5 Å². The highest BCUT2D eigenvalue weighted by Gasteiger charge is 2.14. The summed E-state index contributed by atoms with van der Waals surface area (Å²) in [5.41, 5.74) is 3.57. The summed E-state index contributed by atoms with van der Waals surface area (Å²) in [4.78, 5) is 12.3. The van der Waals surface area contributed by atoms with E-state index in [4.69, 9.17) is 0 Å². The number of halogens is 1. The summed E-state index contributed by atoms with van der Waals surface area (Å²) in [6.45, 7) is 8.30. The van der Waals surface area contributed by atoms with Crippen LogP contribution in [0.1, 0.15) is 47.8 Å². The molecule has 0 saturated carbocycles. The molecule has 0 spiro atoms. The van der Waals surface area contributed by atoms with Gasteiger partial charge in [-0.25, -0.2) is 4.39 Å². The third kappa shape index (κ3) is 3.78. The van der Waals surface area contributed by atoms with E-state index in [1.54, 1.807) is 6.07 Å². The SMILES string of the molecule is Cc1ccc(F)cc1C(=O)Cc1ccc(C(C)(C)C)cc1. The summed E-state index contributed by atoms with van der Waals surface area (Å²) in [6, 6.07) is 12.4. The molecule has 0 bridgehead atoms. The second kappa shape index (κ2) is 5.80. The fourth-order valence-electron chi connectivity index (χ4n) is 2.30. The molecule has 110 valence electrons. The molecule has 0 fully saturated rings. The summed E-state index contributed by atoms with van der Waals surface area (Å²) in [7, 11) is 0. The van der Waals surface area contributed by atoms with Crippen LogP contribution in [-0.2, 0) is 11.8 Å². The van der Waals surface area contributed by atoms with Crippen LogP contribution >= 0.6 is 0 Å². The molecule has 0 saturated heterocycles. The highest BCUT2D eigenvalue weighted by molar-refractivity contribution is 5.98. The summed E-state index contributed by atoms with van der Waals surface area (Å²) in [6.07, 6.45) is 0.300. The maximum Gasteiger partial charge on any atom is 0.167 e. The lowest BCUT2D eigenvalue weighted by atomic mass is 9.86. The van der Waals surface area contributed by atoms with E-state index in [9.17, 15) is 9.18 Å². The number of hydrogen-bond donors (Lipinski definition) is 0. The Morgan fingerprint density at radius 2 is 1.67 bits per heavy atom. The minimum Gasteiger partial charge on any atom is -0.294 e. The maximum atomic E-state index is 13.3. The number of Topliss-reactive ketones (excluding diaryl/α,β-unsaturated/α-hetero) is 1. The molecule has 2 aromatic carbocycles. The van der Waals surface area contributed by atoms with Crippen molar-refractivity contribution in [2.24, 2.45) is 0 Å². The van der Waals surface area contributed by atoms with Crippen molar-refractivity contribution in [3.63, 3.8) is 0 Å². The van der Waals surface area contributed by atoms with E-state index >= 15 is 0 Å². The van der Waals surface area contributed by atoms with Gasteiger partial charge in [0.05, 0.1) is 0 Å². The molecule has 0 amide bonds. The van der Waals surface area contributed by atoms with Gasteiger partial charge in [0.2, 0.25) is 0 Å². The predicted octanol–water partition coefficient (Wildman–Crippen LogP) is 4.86. The molecule has 1 nitrogen and oxygen atoms in total. The van der Waals surface area contributed by atoms with Gasteiger partial charge >= 0.3 is 0 Å². The molecular formula is C19H21FO.